The van der Waals surface area contributed by atoms with Crippen LogP contribution in [-0.2, 0) is 18.9 Å². The van der Waals surface area contributed by atoms with Gasteiger partial charge in [0, 0.05) is 21.3 Å². The normalized spacial score (nSPS) is 23.2. The SMILES string of the molecule is COC1CC(c2c(C#N)c(SCC#N)nc(N)c2C(=O)OC(C)C)CC(OC)C1OC. The minimum atomic E-state index is -0.639. The second-order valence-electron chi connectivity index (χ2n) is 7.40. The fraction of sp³-hybridized carbons (Fsp3) is 0.619. The molecule has 1 aromatic heterocycles. The van der Waals surface area contributed by atoms with Crippen molar-refractivity contribution in [2.45, 2.75) is 62.0 Å². The average molecular weight is 449 g/mol. The van der Waals surface area contributed by atoms with Gasteiger partial charge in [0.2, 0.25) is 0 Å². The molecule has 2 rings (SSSR count). The molecule has 0 amide bonds. The Morgan fingerprint density at radius 1 is 1.19 bits per heavy atom. The number of nitrogen functional groups attached to an aromatic ring is 1. The Hall–Kier alpha value is -2.37. The molecule has 9 nitrogen and oxygen atoms in total. The van der Waals surface area contributed by atoms with Gasteiger partial charge < -0.3 is 24.7 Å². The molecule has 0 saturated heterocycles. The first-order valence-electron chi connectivity index (χ1n) is 9.85. The van der Waals surface area contributed by atoms with E-state index in [1.807, 2.05) is 6.07 Å². The van der Waals surface area contributed by atoms with Crippen LogP contribution in [0.15, 0.2) is 5.03 Å². The number of nitrogens with two attached hydrogens (primary N) is 1. The molecule has 0 aromatic carbocycles. The molecule has 0 radical (unpaired) electrons. The van der Waals surface area contributed by atoms with E-state index in [1.165, 1.54) is 0 Å². The summed E-state index contributed by atoms with van der Waals surface area (Å²) in [5, 5.41) is 19.3. The Balaban J connectivity index is 2.69. The molecule has 1 aromatic rings. The molecule has 0 spiro atoms. The smallest absolute Gasteiger partial charge is 0.342 e. The Kier molecular flexibility index (Phi) is 9.08. The van der Waals surface area contributed by atoms with Crippen molar-refractivity contribution in [2.24, 2.45) is 0 Å². The summed E-state index contributed by atoms with van der Waals surface area (Å²) in [5.74, 6) is -0.872. The highest BCUT2D eigenvalue weighted by Crippen LogP contribution is 2.42. The first kappa shape index (κ1) is 24.9. The number of nitriles is 2. The highest BCUT2D eigenvalue weighted by atomic mass is 32.2. The molecule has 31 heavy (non-hydrogen) atoms. The number of thioether (sulfide) groups is 1. The maximum Gasteiger partial charge on any atom is 0.342 e. The molecule has 0 aliphatic heterocycles. The van der Waals surface area contributed by atoms with Gasteiger partial charge >= 0.3 is 5.97 Å². The second kappa shape index (κ2) is 11.3. The predicted octanol–water partition coefficient (Wildman–Crippen LogP) is 2.64. The number of ether oxygens (including phenoxy) is 4. The standard InChI is InChI=1S/C21H28N4O5S/c1-11(2)30-21(26)17-16(13(10-23)20(25-19(17)24)31-7-6-22)12-8-14(27-3)18(29-5)15(9-12)28-4/h11-12,14-15,18H,7-9H2,1-5H3,(H2,24,25). The lowest BCUT2D eigenvalue weighted by molar-refractivity contribution is -0.133. The quantitative estimate of drug-likeness (QED) is 0.466. The van der Waals surface area contributed by atoms with Crippen molar-refractivity contribution in [1.29, 1.82) is 10.5 Å². The van der Waals surface area contributed by atoms with Gasteiger partial charge in [-0.3, -0.25) is 0 Å². The third-order valence-electron chi connectivity index (χ3n) is 5.22. The molecule has 2 unspecified atom stereocenters. The fourth-order valence-corrected chi connectivity index (χ4v) is 4.64. The number of hydrogen-bond acceptors (Lipinski definition) is 10. The summed E-state index contributed by atoms with van der Waals surface area (Å²) in [6.07, 6.45) is -0.345. The Morgan fingerprint density at radius 3 is 2.26 bits per heavy atom. The van der Waals surface area contributed by atoms with E-state index >= 15 is 0 Å². The molecule has 1 saturated carbocycles. The van der Waals surface area contributed by atoms with Gasteiger partial charge in [-0.1, -0.05) is 11.8 Å². The van der Waals surface area contributed by atoms with Crippen LogP contribution in [0.3, 0.4) is 0 Å². The van der Waals surface area contributed by atoms with E-state index in [-0.39, 0.29) is 53.0 Å². The summed E-state index contributed by atoms with van der Waals surface area (Å²) < 4.78 is 22.3. The molecule has 1 heterocycles. The molecule has 10 heteroatoms. The van der Waals surface area contributed by atoms with Crippen LogP contribution < -0.4 is 5.73 Å². The van der Waals surface area contributed by atoms with E-state index in [0.717, 1.165) is 11.8 Å². The maximum atomic E-state index is 13.0. The van der Waals surface area contributed by atoms with Gasteiger partial charge in [0.25, 0.3) is 0 Å². The van der Waals surface area contributed by atoms with Gasteiger partial charge in [-0.05, 0) is 38.2 Å². The van der Waals surface area contributed by atoms with Crippen molar-refractivity contribution in [2.75, 3.05) is 32.8 Å². The van der Waals surface area contributed by atoms with Crippen molar-refractivity contribution >= 4 is 23.5 Å². The molecular weight excluding hydrogens is 420 g/mol. The number of carbonyl (C=O) groups excluding carboxylic acids is 1. The number of pyridine rings is 1. The minimum absolute atomic E-state index is 0.0307. The number of hydrogen-bond donors (Lipinski definition) is 1. The Morgan fingerprint density at radius 2 is 1.81 bits per heavy atom. The topological polar surface area (TPSA) is 140 Å². The van der Waals surface area contributed by atoms with E-state index in [1.54, 1.807) is 35.2 Å². The van der Waals surface area contributed by atoms with E-state index in [2.05, 4.69) is 11.1 Å². The van der Waals surface area contributed by atoms with Crippen LogP contribution in [0.25, 0.3) is 0 Å². The number of anilines is 1. The largest absolute Gasteiger partial charge is 0.459 e. The van der Waals surface area contributed by atoms with Crippen LogP contribution in [0.5, 0.6) is 0 Å². The summed E-state index contributed by atoms with van der Waals surface area (Å²) >= 11 is 1.10. The van der Waals surface area contributed by atoms with Gasteiger partial charge in [-0.25, -0.2) is 9.78 Å². The summed E-state index contributed by atoms with van der Waals surface area (Å²) in [5.41, 5.74) is 6.94. The third-order valence-corrected chi connectivity index (χ3v) is 6.06. The number of methoxy groups -OCH3 is 3. The zero-order valence-electron chi connectivity index (χ0n) is 18.4. The summed E-state index contributed by atoms with van der Waals surface area (Å²) in [4.78, 5) is 17.2. The molecule has 0 bridgehead atoms. The van der Waals surface area contributed by atoms with E-state index in [4.69, 9.17) is 29.9 Å². The minimum Gasteiger partial charge on any atom is -0.459 e. The molecule has 1 aliphatic rings. The van der Waals surface area contributed by atoms with Crippen molar-refractivity contribution in [1.82, 2.24) is 4.98 Å². The number of rotatable bonds is 8. The molecular formula is C21H28N4O5S. The lowest BCUT2D eigenvalue weighted by atomic mass is 9.76. The second-order valence-corrected chi connectivity index (χ2v) is 8.36. The van der Waals surface area contributed by atoms with Gasteiger partial charge in [0.05, 0.1) is 35.7 Å². The van der Waals surface area contributed by atoms with Crippen LogP contribution in [0.1, 0.15) is 54.1 Å². The van der Waals surface area contributed by atoms with Crippen molar-refractivity contribution in [3.05, 3.63) is 16.7 Å². The van der Waals surface area contributed by atoms with Crippen LogP contribution in [0.4, 0.5) is 5.82 Å². The first-order chi connectivity index (χ1) is 14.8. The first-order valence-corrected chi connectivity index (χ1v) is 10.8. The van der Waals surface area contributed by atoms with Gasteiger partial charge in [0.1, 0.15) is 28.6 Å². The molecule has 2 N–H and O–H groups in total. The van der Waals surface area contributed by atoms with Crippen LogP contribution in [-0.4, -0.2) is 62.5 Å². The molecule has 168 valence electrons. The molecule has 1 fully saturated rings. The lowest BCUT2D eigenvalue weighted by Gasteiger charge is -2.40. The van der Waals surface area contributed by atoms with Crippen LogP contribution >= 0.6 is 11.8 Å². The van der Waals surface area contributed by atoms with Gasteiger partial charge in [0.15, 0.2) is 0 Å². The van der Waals surface area contributed by atoms with Crippen molar-refractivity contribution in [3.63, 3.8) is 0 Å². The predicted molar refractivity (Wildman–Crippen MR) is 115 cm³/mol. The number of esters is 1. The zero-order valence-corrected chi connectivity index (χ0v) is 19.2. The third kappa shape index (κ3) is 5.46. The number of nitrogens with zero attached hydrogens (tertiary/aromatic N) is 3. The highest BCUT2D eigenvalue weighted by molar-refractivity contribution is 7.99. The van der Waals surface area contributed by atoms with Crippen LogP contribution in [0.2, 0.25) is 0 Å². The Labute approximate surface area is 186 Å². The maximum absolute atomic E-state index is 13.0. The van der Waals surface area contributed by atoms with Crippen molar-refractivity contribution in [3.8, 4) is 12.1 Å². The summed E-state index contributed by atoms with van der Waals surface area (Å²) in [7, 11) is 4.76. The number of carbonyl (C=O) groups is 1. The number of aromatic nitrogens is 1. The molecule has 2 atom stereocenters. The van der Waals surface area contributed by atoms with E-state index < -0.39 is 5.97 Å². The lowest BCUT2D eigenvalue weighted by Crippen LogP contribution is -2.47. The fourth-order valence-electron chi connectivity index (χ4n) is 3.97. The van der Waals surface area contributed by atoms with Gasteiger partial charge in [-0.2, -0.15) is 10.5 Å². The molecule has 1 aliphatic carbocycles. The van der Waals surface area contributed by atoms with Crippen LogP contribution in [0, 0.1) is 22.7 Å². The van der Waals surface area contributed by atoms with Crippen molar-refractivity contribution < 1.29 is 23.7 Å². The van der Waals surface area contributed by atoms with Gasteiger partial charge in [-0.15, -0.1) is 0 Å². The summed E-state index contributed by atoms with van der Waals surface area (Å²) in [6.45, 7) is 3.46. The highest BCUT2D eigenvalue weighted by Gasteiger charge is 2.42. The van der Waals surface area contributed by atoms with E-state index in [0.29, 0.717) is 23.4 Å². The summed E-state index contributed by atoms with van der Waals surface area (Å²) in [6, 6.07) is 4.19. The van der Waals surface area contributed by atoms with E-state index in [9.17, 15) is 10.1 Å². The average Bonchev–Trinajstić information content (AvgIpc) is 2.75. The monoisotopic (exact) mass is 448 g/mol. The zero-order chi connectivity index (χ0) is 23.1. The Bertz CT molecular complexity index is 866.